The Morgan fingerprint density at radius 1 is 0.971 bits per heavy atom. The number of hydrogen-bond donors (Lipinski definition) is 2. The van der Waals surface area contributed by atoms with Gasteiger partial charge in [0.25, 0.3) is 5.56 Å². The highest BCUT2D eigenvalue weighted by Gasteiger charge is 2.14. The highest BCUT2D eigenvalue weighted by molar-refractivity contribution is 6.10. The first-order chi connectivity index (χ1) is 16.5. The van der Waals surface area contributed by atoms with Crippen LogP contribution in [0, 0.1) is 6.92 Å². The predicted molar refractivity (Wildman–Crippen MR) is 136 cm³/mol. The summed E-state index contributed by atoms with van der Waals surface area (Å²) in [4.78, 5) is 29.0. The van der Waals surface area contributed by atoms with Gasteiger partial charge < -0.3 is 14.9 Å². The fraction of sp³-hybridized carbons (Fsp3) is 0.148. The number of carbonyl (C=O) groups excluding carboxylic acids is 1. The van der Waals surface area contributed by atoms with E-state index >= 15 is 0 Å². The molecule has 168 valence electrons. The van der Waals surface area contributed by atoms with Crippen molar-refractivity contribution in [1.82, 2.24) is 19.3 Å². The second-order valence-corrected chi connectivity index (χ2v) is 8.61. The number of H-pyrrole nitrogens is 1. The van der Waals surface area contributed by atoms with Gasteiger partial charge in [-0.3, -0.25) is 9.59 Å². The first kappa shape index (κ1) is 20.2. The summed E-state index contributed by atoms with van der Waals surface area (Å²) < 4.78 is 3.46. The lowest BCUT2D eigenvalue weighted by Crippen LogP contribution is -2.29. The number of anilines is 1. The fourth-order valence-electron chi connectivity index (χ4n) is 4.86. The second kappa shape index (κ2) is 7.59. The number of amides is 1. The van der Waals surface area contributed by atoms with Gasteiger partial charge in [-0.1, -0.05) is 29.8 Å². The molecule has 0 saturated heterocycles. The topological polar surface area (TPSA) is 84.7 Å². The lowest BCUT2D eigenvalue weighted by Gasteiger charge is -2.08. The number of carbonyl (C=O) groups is 1. The average molecular weight is 450 g/mol. The summed E-state index contributed by atoms with van der Waals surface area (Å²) in [5.74, 6) is -0.306. The molecule has 0 aliphatic rings. The van der Waals surface area contributed by atoms with Crippen LogP contribution in [-0.2, 0) is 17.9 Å². The molecule has 0 aliphatic heterocycles. The third-order valence-electron chi connectivity index (χ3n) is 6.43. The van der Waals surface area contributed by atoms with Crippen molar-refractivity contribution in [3.63, 3.8) is 0 Å². The van der Waals surface area contributed by atoms with Crippen molar-refractivity contribution in [1.29, 1.82) is 0 Å². The average Bonchev–Trinajstić information content (AvgIpc) is 3.36. The number of aryl methyl sites for hydroxylation is 2. The Kier molecular flexibility index (Phi) is 4.52. The molecule has 3 aromatic heterocycles. The molecular weight excluding hydrogens is 426 g/mol. The van der Waals surface area contributed by atoms with E-state index < -0.39 is 0 Å². The molecule has 6 rings (SSSR count). The normalized spacial score (nSPS) is 11.7. The Morgan fingerprint density at radius 3 is 2.65 bits per heavy atom. The monoisotopic (exact) mass is 449 g/mol. The Hall–Kier alpha value is -4.39. The number of nitrogens with zero attached hydrogens (tertiary/aromatic N) is 3. The summed E-state index contributed by atoms with van der Waals surface area (Å²) in [6.07, 6.45) is 1.65. The van der Waals surface area contributed by atoms with Crippen LogP contribution in [-0.4, -0.2) is 25.2 Å². The number of benzene rings is 3. The van der Waals surface area contributed by atoms with Crippen molar-refractivity contribution in [3.05, 3.63) is 82.8 Å². The fourth-order valence-corrected chi connectivity index (χ4v) is 4.86. The van der Waals surface area contributed by atoms with Crippen LogP contribution in [0.4, 0.5) is 5.69 Å². The maximum absolute atomic E-state index is 13.0. The van der Waals surface area contributed by atoms with Gasteiger partial charge in [0.1, 0.15) is 12.1 Å². The van der Waals surface area contributed by atoms with Crippen molar-refractivity contribution in [2.45, 2.75) is 26.9 Å². The van der Waals surface area contributed by atoms with E-state index in [1.807, 2.05) is 55.5 Å². The largest absolute Gasteiger partial charge is 0.350 e. The van der Waals surface area contributed by atoms with Gasteiger partial charge in [0, 0.05) is 50.3 Å². The molecule has 0 unspecified atom stereocenters. The van der Waals surface area contributed by atoms with Gasteiger partial charge in [-0.15, -0.1) is 0 Å². The van der Waals surface area contributed by atoms with Crippen LogP contribution in [0.3, 0.4) is 0 Å². The minimum absolute atomic E-state index is 0.169. The number of fused-ring (bicyclic) bond motifs is 6. The molecule has 7 heteroatoms. The quantitative estimate of drug-likeness (QED) is 0.399. The lowest BCUT2D eigenvalue weighted by molar-refractivity contribution is -0.117. The van der Waals surface area contributed by atoms with E-state index in [4.69, 9.17) is 0 Å². The molecular formula is C27H23N5O2. The highest BCUT2D eigenvalue weighted by atomic mass is 16.2. The van der Waals surface area contributed by atoms with Crippen LogP contribution in [0.1, 0.15) is 12.5 Å². The number of nitrogens with one attached hydrogen (secondary N) is 2. The minimum atomic E-state index is -0.317. The zero-order valence-corrected chi connectivity index (χ0v) is 18.9. The smallest absolute Gasteiger partial charge is 0.291 e. The summed E-state index contributed by atoms with van der Waals surface area (Å²) in [6.45, 7) is 4.82. The van der Waals surface area contributed by atoms with Crippen molar-refractivity contribution in [3.8, 4) is 0 Å². The Morgan fingerprint density at radius 2 is 1.79 bits per heavy atom. The molecule has 0 spiro atoms. The van der Waals surface area contributed by atoms with Crippen molar-refractivity contribution in [2.75, 3.05) is 5.32 Å². The van der Waals surface area contributed by atoms with Crippen LogP contribution in [0.25, 0.3) is 43.6 Å². The zero-order chi connectivity index (χ0) is 23.4. The van der Waals surface area contributed by atoms with Gasteiger partial charge in [0.2, 0.25) is 5.91 Å². The second-order valence-electron chi connectivity index (χ2n) is 8.61. The van der Waals surface area contributed by atoms with E-state index in [-0.39, 0.29) is 18.0 Å². The zero-order valence-electron chi connectivity index (χ0n) is 18.9. The number of para-hydroxylation sites is 1. The number of aromatic amines is 1. The molecule has 0 bridgehead atoms. The summed E-state index contributed by atoms with van der Waals surface area (Å²) in [5.41, 5.74) is 5.10. The lowest BCUT2D eigenvalue weighted by atomic mass is 10.1. The van der Waals surface area contributed by atoms with E-state index in [0.29, 0.717) is 11.2 Å². The van der Waals surface area contributed by atoms with Crippen LogP contribution in [0.2, 0.25) is 0 Å². The van der Waals surface area contributed by atoms with Gasteiger partial charge in [0.15, 0.2) is 0 Å². The minimum Gasteiger partial charge on any atom is -0.350 e. The molecule has 2 N–H and O–H groups in total. The third kappa shape index (κ3) is 3.08. The van der Waals surface area contributed by atoms with Gasteiger partial charge in [-0.2, -0.15) is 5.10 Å². The van der Waals surface area contributed by atoms with Gasteiger partial charge in [-0.25, -0.2) is 4.68 Å². The number of rotatable bonds is 4. The molecule has 3 aromatic carbocycles. The molecule has 34 heavy (non-hydrogen) atoms. The summed E-state index contributed by atoms with van der Waals surface area (Å²) in [5, 5.41) is 11.1. The SMILES string of the molecule is CCn1c2ccccc2c2cc(NC(=O)Cn3ncc4c([nH]c5ccc(C)cc54)c3=O)ccc21. The van der Waals surface area contributed by atoms with Crippen LogP contribution in [0.15, 0.2) is 71.7 Å². The van der Waals surface area contributed by atoms with E-state index in [2.05, 4.69) is 39.0 Å². The predicted octanol–water partition coefficient (Wildman–Crippen LogP) is 4.95. The van der Waals surface area contributed by atoms with Crippen LogP contribution < -0.4 is 10.9 Å². The van der Waals surface area contributed by atoms with Gasteiger partial charge >= 0.3 is 0 Å². The molecule has 0 radical (unpaired) electrons. The molecule has 6 aromatic rings. The number of hydrogen-bond acceptors (Lipinski definition) is 3. The maximum atomic E-state index is 13.0. The number of aromatic nitrogens is 4. The van der Waals surface area contributed by atoms with Gasteiger partial charge in [0.05, 0.1) is 6.20 Å². The Balaban J connectivity index is 1.32. The third-order valence-corrected chi connectivity index (χ3v) is 6.43. The van der Waals surface area contributed by atoms with E-state index in [1.165, 1.54) is 10.2 Å². The van der Waals surface area contributed by atoms with E-state index in [1.54, 1.807) is 6.20 Å². The Bertz CT molecular complexity index is 1810. The molecule has 0 aliphatic carbocycles. The van der Waals surface area contributed by atoms with E-state index in [9.17, 15) is 9.59 Å². The summed E-state index contributed by atoms with van der Waals surface area (Å²) >= 11 is 0. The van der Waals surface area contributed by atoms with Gasteiger partial charge in [-0.05, 0) is 50.2 Å². The highest BCUT2D eigenvalue weighted by Crippen LogP contribution is 2.31. The van der Waals surface area contributed by atoms with Crippen LogP contribution >= 0.6 is 0 Å². The summed E-state index contributed by atoms with van der Waals surface area (Å²) in [7, 11) is 0. The molecule has 0 atom stereocenters. The first-order valence-electron chi connectivity index (χ1n) is 11.3. The van der Waals surface area contributed by atoms with E-state index in [0.717, 1.165) is 44.7 Å². The molecule has 1 amide bonds. The molecule has 3 heterocycles. The molecule has 0 saturated carbocycles. The Labute approximate surface area is 194 Å². The van der Waals surface area contributed by atoms with Crippen molar-refractivity contribution < 1.29 is 4.79 Å². The van der Waals surface area contributed by atoms with Crippen molar-refractivity contribution >= 4 is 55.2 Å². The van der Waals surface area contributed by atoms with Crippen LogP contribution in [0.5, 0.6) is 0 Å². The summed E-state index contributed by atoms with van der Waals surface area (Å²) in [6, 6.07) is 20.1. The molecule has 7 nitrogen and oxygen atoms in total. The first-order valence-corrected chi connectivity index (χ1v) is 11.3. The standard InChI is InChI=1S/C27H23N5O2/c1-3-31-23-7-5-4-6-18(23)20-13-17(9-11-24(20)31)29-25(33)15-32-27(34)26-21(14-28-32)19-12-16(2)8-10-22(19)30-26/h4-14,30H,3,15H2,1-2H3,(H,29,33). The molecule has 0 fully saturated rings. The maximum Gasteiger partial charge on any atom is 0.291 e. The van der Waals surface area contributed by atoms with Crippen molar-refractivity contribution in [2.24, 2.45) is 0 Å².